The van der Waals surface area contributed by atoms with E-state index >= 15 is 0 Å². The van der Waals surface area contributed by atoms with Crippen LogP contribution in [0.1, 0.15) is 126 Å². The third-order valence-corrected chi connectivity index (χ3v) is 17.8. The van der Waals surface area contributed by atoms with E-state index in [0.29, 0.717) is 0 Å². The van der Waals surface area contributed by atoms with E-state index < -0.39 is 5.41 Å². The Morgan fingerprint density at radius 1 is 0.314 bits per heavy atom. The van der Waals surface area contributed by atoms with Gasteiger partial charge in [0.25, 0.3) is 0 Å². The van der Waals surface area contributed by atoms with Crippen LogP contribution in [0.2, 0.25) is 0 Å². The van der Waals surface area contributed by atoms with Crippen LogP contribution >= 0.6 is 0 Å². The molecule has 0 heterocycles. The monoisotopic (exact) mass is 905 g/mol. The summed E-state index contributed by atoms with van der Waals surface area (Å²) in [6.45, 7) is 19.7. The molecule has 4 aliphatic rings. The molecule has 1 nitrogen and oxygen atoms in total. The highest BCUT2D eigenvalue weighted by Crippen LogP contribution is 2.65. The van der Waals surface area contributed by atoms with Crippen LogP contribution in [0.25, 0.3) is 55.3 Å². The van der Waals surface area contributed by atoms with Gasteiger partial charge in [-0.05, 0) is 178 Å². The van der Waals surface area contributed by atoms with Gasteiger partial charge in [0.2, 0.25) is 0 Å². The molecular weight excluding hydrogens is 843 g/mol. The molecule has 0 bridgehead atoms. The van der Waals surface area contributed by atoms with Crippen molar-refractivity contribution in [3.8, 4) is 44.5 Å². The van der Waals surface area contributed by atoms with Gasteiger partial charge in [0.15, 0.2) is 0 Å². The Kier molecular flexibility index (Phi) is 9.25. The lowest BCUT2D eigenvalue weighted by Gasteiger charge is -2.44. The van der Waals surface area contributed by atoms with Crippen molar-refractivity contribution in [3.63, 3.8) is 0 Å². The predicted molar refractivity (Wildman–Crippen MR) is 296 cm³/mol. The Morgan fingerprint density at radius 2 is 0.800 bits per heavy atom. The first kappa shape index (κ1) is 43.1. The van der Waals surface area contributed by atoms with Crippen LogP contribution in [0, 0.1) is 0 Å². The number of anilines is 3. The molecule has 70 heavy (non-hydrogen) atoms. The molecule has 1 heteroatoms. The third kappa shape index (κ3) is 6.09. The second-order valence-electron chi connectivity index (χ2n) is 23.7. The van der Waals surface area contributed by atoms with Crippen LogP contribution in [0.3, 0.4) is 0 Å². The summed E-state index contributed by atoms with van der Waals surface area (Å²) in [5, 5.41) is 2.53. The molecular formula is C69H63N. The topological polar surface area (TPSA) is 3.24 Å². The molecule has 0 atom stereocenters. The normalized spacial score (nSPS) is 17.8. The fraction of sp³-hybridized carbons (Fsp3) is 0.246. The highest BCUT2D eigenvalue weighted by atomic mass is 15.1. The van der Waals surface area contributed by atoms with Gasteiger partial charge >= 0.3 is 0 Å². The van der Waals surface area contributed by atoms with Crippen molar-refractivity contribution in [2.24, 2.45) is 0 Å². The standard InChI is InChI=1S/C69H63N/c1-65(2)37-38-67(5,6)62-41-47(35-36-59(62)65)70(46-33-31-45(32-34-46)49-25-17-20-44-19-9-10-21-48(44)49)63-43-61-54(42-55(63)53-26-18-30-60-64(53)68(7,8)40-39-66(60,3)4)52-24-13-16-29-58(52)69(61)56-27-14-11-22-50(56)51-23-12-15-28-57(51)69/h9-36,41-43H,37-40H2,1-8H3. The first-order valence-corrected chi connectivity index (χ1v) is 25.8. The van der Waals surface area contributed by atoms with Crippen LogP contribution < -0.4 is 4.90 Å². The quantitative estimate of drug-likeness (QED) is 0.166. The van der Waals surface area contributed by atoms with Crippen LogP contribution in [0.4, 0.5) is 17.1 Å². The summed E-state index contributed by atoms with van der Waals surface area (Å²) in [6, 6.07) is 72.7. The summed E-state index contributed by atoms with van der Waals surface area (Å²) < 4.78 is 0. The van der Waals surface area contributed by atoms with E-state index in [-0.39, 0.29) is 21.7 Å². The van der Waals surface area contributed by atoms with Gasteiger partial charge in [-0.2, -0.15) is 0 Å². The smallest absolute Gasteiger partial charge is 0.0726 e. The van der Waals surface area contributed by atoms with E-state index in [1.54, 1.807) is 0 Å². The minimum absolute atomic E-state index is 0.0213. The molecule has 0 aliphatic heterocycles. The highest BCUT2D eigenvalue weighted by Gasteiger charge is 2.52. The number of fused-ring (bicyclic) bond motifs is 13. The first-order valence-electron chi connectivity index (χ1n) is 25.8. The van der Waals surface area contributed by atoms with Gasteiger partial charge in [0.05, 0.1) is 11.1 Å². The molecule has 4 aliphatic carbocycles. The lowest BCUT2D eigenvalue weighted by atomic mass is 9.61. The Labute approximate surface area is 415 Å². The van der Waals surface area contributed by atoms with Crippen molar-refractivity contribution in [2.45, 2.75) is 108 Å². The maximum atomic E-state index is 2.65. The number of nitrogens with zero attached hydrogens (tertiary/aromatic N) is 1. The second-order valence-corrected chi connectivity index (χ2v) is 23.7. The Bertz CT molecular complexity index is 3560. The molecule has 344 valence electrons. The van der Waals surface area contributed by atoms with E-state index in [4.69, 9.17) is 0 Å². The average Bonchev–Trinajstić information content (AvgIpc) is 3.83. The molecule has 0 N–H and O–H groups in total. The highest BCUT2D eigenvalue weighted by molar-refractivity contribution is 6.01. The van der Waals surface area contributed by atoms with Gasteiger partial charge < -0.3 is 4.90 Å². The molecule has 0 unspecified atom stereocenters. The molecule has 1 spiro atoms. The minimum Gasteiger partial charge on any atom is -0.310 e. The molecule has 0 saturated heterocycles. The number of hydrogen-bond donors (Lipinski definition) is 0. The summed E-state index contributed by atoms with van der Waals surface area (Å²) in [6.07, 6.45) is 4.63. The molecule has 9 aromatic rings. The van der Waals surface area contributed by atoms with E-state index in [0.717, 1.165) is 18.5 Å². The first-order chi connectivity index (χ1) is 33.7. The van der Waals surface area contributed by atoms with Gasteiger partial charge in [-0.25, -0.2) is 0 Å². The molecule has 9 aromatic carbocycles. The van der Waals surface area contributed by atoms with E-state index in [2.05, 4.69) is 248 Å². The zero-order valence-electron chi connectivity index (χ0n) is 42.2. The molecule has 0 saturated carbocycles. The van der Waals surface area contributed by atoms with Gasteiger partial charge in [-0.1, -0.05) is 207 Å². The lowest BCUT2D eigenvalue weighted by Crippen LogP contribution is -2.34. The van der Waals surface area contributed by atoms with E-state index in [1.165, 1.54) is 124 Å². The van der Waals surface area contributed by atoms with Gasteiger partial charge in [0.1, 0.15) is 0 Å². The number of benzene rings is 9. The largest absolute Gasteiger partial charge is 0.310 e. The van der Waals surface area contributed by atoms with Crippen molar-refractivity contribution >= 4 is 27.8 Å². The predicted octanol–water partition coefficient (Wildman–Crippen LogP) is 18.7. The third-order valence-electron chi connectivity index (χ3n) is 17.8. The number of rotatable bonds is 5. The Hall–Kier alpha value is -6.96. The second kappa shape index (κ2) is 15.0. The Balaban J connectivity index is 1.15. The summed E-state index contributed by atoms with van der Waals surface area (Å²) in [7, 11) is 0. The zero-order valence-corrected chi connectivity index (χ0v) is 42.2. The van der Waals surface area contributed by atoms with Crippen molar-refractivity contribution in [1.29, 1.82) is 0 Å². The van der Waals surface area contributed by atoms with Crippen LogP contribution in [-0.2, 0) is 27.1 Å². The van der Waals surface area contributed by atoms with Crippen molar-refractivity contribution in [3.05, 3.63) is 233 Å². The van der Waals surface area contributed by atoms with Crippen LogP contribution in [-0.4, -0.2) is 0 Å². The van der Waals surface area contributed by atoms with E-state index in [1.807, 2.05) is 0 Å². The van der Waals surface area contributed by atoms with Crippen molar-refractivity contribution in [2.75, 3.05) is 4.90 Å². The van der Waals surface area contributed by atoms with Gasteiger partial charge in [-0.15, -0.1) is 0 Å². The molecule has 0 aromatic heterocycles. The zero-order chi connectivity index (χ0) is 48.0. The molecule has 13 rings (SSSR count). The fourth-order valence-corrected chi connectivity index (χ4v) is 13.9. The van der Waals surface area contributed by atoms with Crippen molar-refractivity contribution in [1.82, 2.24) is 0 Å². The average molecular weight is 906 g/mol. The van der Waals surface area contributed by atoms with E-state index in [9.17, 15) is 0 Å². The Morgan fingerprint density at radius 3 is 1.47 bits per heavy atom. The maximum absolute atomic E-state index is 2.65. The molecule has 0 amide bonds. The summed E-state index contributed by atoms with van der Waals surface area (Å²) >= 11 is 0. The van der Waals surface area contributed by atoms with Crippen molar-refractivity contribution < 1.29 is 0 Å². The van der Waals surface area contributed by atoms with Gasteiger partial charge in [0, 0.05) is 16.9 Å². The maximum Gasteiger partial charge on any atom is 0.0726 e. The summed E-state index contributed by atoms with van der Waals surface area (Å²) in [5.74, 6) is 0. The van der Waals surface area contributed by atoms with Crippen LogP contribution in [0.5, 0.6) is 0 Å². The SMILES string of the molecule is CC1(C)CCC(C)(C)c2cc(N(c3ccc(-c4cccc5ccccc45)cc3)c3cc4c(cc3-c3cccc5c3C(C)(C)CCC5(C)C)-c3ccccc3C43c4ccccc4-c4ccccc43)ccc21. The van der Waals surface area contributed by atoms with Crippen LogP contribution in [0.15, 0.2) is 188 Å². The van der Waals surface area contributed by atoms with Gasteiger partial charge in [-0.3, -0.25) is 0 Å². The molecule has 0 fully saturated rings. The minimum atomic E-state index is -0.491. The lowest BCUT2D eigenvalue weighted by molar-refractivity contribution is 0.332. The number of hydrogen-bond acceptors (Lipinski definition) is 1. The summed E-state index contributed by atoms with van der Waals surface area (Å²) in [4.78, 5) is 2.64. The molecule has 0 radical (unpaired) electrons. The fourth-order valence-electron chi connectivity index (χ4n) is 13.9. The summed E-state index contributed by atoms with van der Waals surface area (Å²) in [5.41, 5.74) is 25.0.